The van der Waals surface area contributed by atoms with Gasteiger partial charge in [0.25, 0.3) is 0 Å². The normalized spacial score (nSPS) is 6.17. The molecule has 0 saturated heterocycles. The molecule has 0 aliphatic heterocycles. The topological polar surface area (TPSA) is 37.3 Å². The second-order valence-corrected chi connectivity index (χ2v) is 0.747. The fraction of sp³-hybridized carbons (Fsp3) is 0.667. The first-order valence-corrected chi connectivity index (χ1v) is 1.49. The van der Waals surface area contributed by atoms with E-state index in [1.807, 2.05) is 0 Å². The van der Waals surface area contributed by atoms with E-state index in [2.05, 4.69) is 0 Å². The van der Waals surface area contributed by atoms with Crippen molar-refractivity contribution in [1.29, 1.82) is 0 Å². The van der Waals surface area contributed by atoms with E-state index >= 15 is 0 Å². The molecule has 0 spiro atoms. The molecule has 38 valence electrons. The van der Waals surface area contributed by atoms with E-state index in [0.29, 0.717) is 0 Å². The van der Waals surface area contributed by atoms with Crippen LogP contribution in [0.5, 0.6) is 0 Å². The second-order valence-electron chi connectivity index (χ2n) is 0.747. The van der Waals surface area contributed by atoms with Crippen molar-refractivity contribution < 1.29 is 9.90 Å². The predicted octanol–water partition coefficient (Wildman–Crippen LogP) is -0.435. The van der Waals surface area contributed by atoms with E-state index in [4.69, 9.17) is 5.11 Å². The van der Waals surface area contributed by atoms with Gasteiger partial charge in [-0.1, -0.05) is 6.92 Å². The zero-order valence-corrected chi connectivity index (χ0v) is 5.66. The van der Waals surface area contributed by atoms with Gasteiger partial charge in [-0.15, -0.1) is 0 Å². The van der Waals surface area contributed by atoms with Gasteiger partial charge in [0.15, 0.2) is 0 Å². The first kappa shape index (κ1) is 9.37. The fourth-order valence-corrected chi connectivity index (χ4v) is 0. The molecular weight excluding hydrogens is 147 g/mol. The van der Waals surface area contributed by atoms with Crippen LogP contribution in [0.2, 0.25) is 0 Å². The van der Waals surface area contributed by atoms with Gasteiger partial charge in [0, 0.05) is 6.42 Å². The van der Waals surface area contributed by atoms with Crippen LogP contribution in [0.25, 0.3) is 0 Å². The Labute approximate surface area is 47.0 Å². The first-order valence-electron chi connectivity index (χ1n) is 1.49. The van der Waals surface area contributed by atoms with Gasteiger partial charge in [-0.25, -0.2) is 0 Å². The molecule has 0 unspecified atom stereocenters. The molecule has 2 nitrogen and oxygen atoms in total. The monoisotopic (exact) mass is 156 g/mol. The number of aliphatic carboxylic acids is 1. The van der Waals surface area contributed by atoms with Gasteiger partial charge in [-0.05, 0) is 0 Å². The van der Waals surface area contributed by atoms with Crippen LogP contribution in [0, 0.1) is 0 Å². The van der Waals surface area contributed by atoms with Crippen LogP contribution in [0.4, 0.5) is 0 Å². The molecule has 0 aliphatic carbocycles. The molecule has 0 rings (SSSR count). The molecule has 0 heterocycles. The van der Waals surface area contributed by atoms with Crippen LogP contribution in [0.3, 0.4) is 0 Å². The van der Waals surface area contributed by atoms with Gasteiger partial charge < -0.3 is 5.11 Å². The Balaban J connectivity index is 0. The average Bonchev–Trinajstić information content (AvgIpc) is 1.38. The second kappa shape index (κ2) is 4.99. The van der Waals surface area contributed by atoms with Gasteiger partial charge in [-0.3, -0.25) is 4.79 Å². The van der Waals surface area contributed by atoms with Crippen molar-refractivity contribution in [3.8, 4) is 0 Å². The third kappa shape index (κ3) is 9.01. The summed E-state index contributed by atoms with van der Waals surface area (Å²) >= 11 is 0. The Hall–Kier alpha value is -0.0105. The Morgan fingerprint density at radius 1 is 1.83 bits per heavy atom. The summed E-state index contributed by atoms with van der Waals surface area (Å²) in [7, 11) is 0. The van der Waals surface area contributed by atoms with Gasteiger partial charge in [0.2, 0.25) is 0 Å². The summed E-state index contributed by atoms with van der Waals surface area (Å²) in [5.74, 6) is -0.745. The van der Waals surface area contributed by atoms with E-state index in [1.54, 1.807) is 6.92 Å². The van der Waals surface area contributed by atoms with Gasteiger partial charge >= 0.3 is 23.0 Å². The third-order valence-corrected chi connectivity index (χ3v) is 0.302. The fourth-order valence-electron chi connectivity index (χ4n) is 0. The minimum atomic E-state index is -0.745. The first-order chi connectivity index (χ1) is 2.27. The zero-order chi connectivity index (χ0) is 4.28. The molecule has 0 amide bonds. The molecule has 1 N–H and O–H groups in total. The molecule has 3 heteroatoms. The zero-order valence-electron chi connectivity index (χ0n) is 3.56. The Morgan fingerprint density at radius 3 is 2.00 bits per heavy atom. The molecule has 0 atom stereocenters. The number of carbonyl (C=O) groups is 1. The molecular formula is C3H8O2Se. The van der Waals surface area contributed by atoms with Gasteiger partial charge in [0.1, 0.15) is 0 Å². The molecule has 0 saturated carbocycles. The summed E-state index contributed by atoms with van der Waals surface area (Å²) in [6.07, 6.45) is 0.222. The van der Waals surface area contributed by atoms with Crippen molar-refractivity contribution >= 4 is 23.0 Å². The average molecular weight is 155 g/mol. The maximum atomic E-state index is 9.37. The maximum absolute atomic E-state index is 9.37. The summed E-state index contributed by atoms with van der Waals surface area (Å²) in [5, 5.41) is 7.72. The summed E-state index contributed by atoms with van der Waals surface area (Å²) in [6, 6.07) is 0. The number of carboxylic acid groups (broad SMARTS) is 1. The van der Waals surface area contributed by atoms with Crippen LogP contribution in [-0.2, 0) is 4.79 Å². The molecule has 0 aromatic carbocycles. The standard InChI is InChI=1S/C3H6O2.H2Se/c1-2-3(4)5;/h2H2,1H3,(H,4,5);1H2. The molecule has 0 fully saturated rings. The van der Waals surface area contributed by atoms with E-state index in [-0.39, 0.29) is 23.5 Å². The SMILES string of the molecule is CCC(=O)O.[SeH2]. The number of hydrogen-bond acceptors (Lipinski definition) is 1. The van der Waals surface area contributed by atoms with Crippen molar-refractivity contribution in [2.75, 3.05) is 0 Å². The summed E-state index contributed by atoms with van der Waals surface area (Å²) in [5.41, 5.74) is 0. The summed E-state index contributed by atoms with van der Waals surface area (Å²) in [6.45, 7) is 1.60. The van der Waals surface area contributed by atoms with Crippen LogP contribution in [-0.4, -0.2) is 28.1 Å². The molecule has 0 bridgehead atoms. The van der Waals surface area contributed by atoms with Crippen molar-refractivity contribution in [1.82, 2.24) is 0 Å². The van der Waals surface area contributed by atoms with Crippen LogP contribution < -0.4 is 0 Å². The van der Waals surface area contributed by atoms with Crippen molar-refractivity contribution in [2.24, 2.45) is 0 Å². The molecule has 6 heavy (non-hydrogen) atoms. The Kier molecular flexibility index (Phi) is 7.79. The van der Waals surface area contributed by atoms with E-state index in [1.165, 1.54) is 0 Å². The van der Waals surface area contributed by atoms with Crippen LogP contribution >= 0.6 is 0 Å². The van der Waals surface area contributed by atoms with Crippen molar-refractivity contribution in [2.45, 2.75) is 13.3 Å². The van der Waals surface area contributed by atoms with E-state index in [0.717, 1.165) is 0 Å². The van der Waals surface area contributed by atoms with Crippen LogP contribution in [0.1, 0.15) is 13.3 Å². The molecule has 0 aromatic rings. The number of carboxylic acids is 1. The van der Waals surface area contributed by atoms with Crippen molar-refractivity contribution in [3.63, 3.8) is 0 Å². The Morgan fingerprint density at radius 2 is 2.00 bits per heavy atom. The minimum absolute atomic E-state index is 0. The van der Waals surface area contributed by atoms with E-state index in [9.17, 15) is 4.79 Å². The van der Waals surface area contributed by atoms with Crippen molar-refractivity contribution in [3.05, 3.63) is 0 Å². The quantitative estimate of drug-likeness (QED) is 0.521. The van der Waals surface area contributed by atoms with E-state index < -0.39 is 5.97 Å². The number of rotatable bonds is 1. The van der Waals surface area contributed by atoms with Gasteiger partial charge in [0.05, 0.1) is 0 Å². The van der Waals surface area contributed by atoms with Gasteiger partial charge in [-0.2, -0.15) is 0 Å². The molecule has 0 radical (unpaired) electrons. The number of hydrogen-bond donors (Lipinski definition) is 1. The summed E-state index contributed by atoms with van der Waals surface area (Å²) in [4.78, 5) is 9.37. The van der Waals surface area contributed by atoms with Crippen LogP contribution in [0.15, 0.2) is 0 Å². The Bertz CT molecular complexity index is 44.1. The molecule has 0 aromatic heterocycles. The third-order valence-electron chi connectivity index (χ3n) is 0.302. The predicted molar refractivity (Wildman–Crippen MR) is 26.5 cm³/mol. The summed E-state index contributed by atoms with van der Waals surface area (Å²) < 4.78 is 0. The molecule has 0 aliphatic rings.